The van der Waals surface area contributed by atoms with Crippen molar-refractivity contribution < 1.29 is 13.9 Å². The molecular weight excluding hydrogens is 518 g/mol. The number of oxazole rings is 1. The maximum Gasteiger partial charge on any atom is 0.310 e. The van der Waals surface area contributed by atoms with Crippen molar-refractivity contribution in [2.75, 3.05) is 20.2 Å². The van der Waals surface area contributed by atoms with E-state index in [1.807, 2.05) is 36.4 Å². The van der Waals surface area contributed by atoms with E-state index in [1.54, 1.807) is 0 Å². The van der Waals surface area contributed by atoms with Crippen molar-refractivity contribution in [1.82, 2.24) is 9.88 Å². The zero-order valence-corrected chi connectivity index (χ0v) is 22.1. The highest BCUT2D eigenvalue weighted by molar-refractivity contribution is 9.10. The Labute approximate surface area is 218 Å². The molecule has 1 aromatic heterocycles. The van der Waals surface area contributed by atoms with E-state index in [9.17, 15) is 4.79 Å². The van der Waals surface area contributed by atoms with Gasteiger partial charge in [-0.1, -0.05) is 40.2 Å². The number of nitrogens with zero attached hydrogens (tertiary/aromatic N) is 3. The largest absolute Gasteiger partial charge is 0.469 e. The molecule has 1 fully saturated rings. The van der Waals surface area contributed by atoms with Crippen LogP contribution in [0.25, 0.3) is 38.5 Å². The summed E-state index contributed by atoms with van der Waals surface area (Å²) in [5.41, 5.74) is 8.01. The fourth-order valence-electron chi connectivity index (χ4n) is 5.01. The Kier molecular flexibility index (Phi) is 6.65. The molecule has 182 valence electrons. The molecule has 1 aliphatic rings. The molecule has 36 heavy (non-hydrogen) atoms. The van der Waals surface area contributed by atoms with Gasteiger partial charge in [0, 0.05) is 23.1 Å². The molecule has 1 atom stereocenters. The van der Waals surface area contributed by atoms with Crippen LogP contribution in [-0.4, -0.2) is 36.1 Å². The number of hydrogen-bond donors (Lipinski definition) is 0. The number of carbonyl (C=O) groups is 1. The minimum atomic E-state index is -0.161. The monoisotopic (exact) mass is 543 g/mol. The van der Waals surface area contributed by atoms with Crippen molar-refractivity contribution in [3.8, 4) is 22.6 Å². The van der Waals surface area contributed by atoms with Crippen LogP contribution in [0.5, 0.6) is 0 Å². The zero-order chi connectivity index (χ0) is 25.4. The Morgan fingerprint density at radius 2 is 1.89 bits per heavy atom. The van der Waals surface area contributed by atoms with Gasteiger partial charge in [-0.05, 0) is 78.9 Å². The summed E-state index contributed by atoms with van der Waals surface area (Å²) in [6.07, 6.45) is 0.784. The number of benzene rings is 3. The summed E-state index contributed by atoms with van der Waals surface area (Å²) in [4.78, 5) is 22.6. The molecular formula is C29H26BrN3O3. The van der Waals surface area contributed by atoms with Gasteiger partial charge in [-0.15, -0.1) is 0 Å². The summed E-state index contributed by atoms with van der Waals surface area (Å²) >= 11 is 3.64. The summed E-state index contributed by atoms with van der Waals surface area (Å²) in [6, 6.07) is 16.2. The van der Waals surface area contributed by atoms with Gasteiger partial charge in [-0.3, -0.25) is 9.69 Å². The molecule has 2 heterocycles. The van der Waals surface area contributed by atoms with E-state index in [0.717, 1.165) is 45.3 Å². The lowest BCUT2D eigenvalue weighted by Gasteiger charge is -2.15. The van der Waals surface area contributed by atoms with E-state index >= 15 is 0 Å². The molecule has 3 aromatic carbocycles. The van der Waals surface area contributed by atoms with Crippen LogP contribution >= 0.6 is 15.9 Å². The fourth-order valence-corrected chi connectivity index (χ4v) is 5.38. The molecule has 0 amide bonds. The second kappa shape index (κ2) is 9.88. The molecule has 0 radical (unpaired) electrons. The number of carbonyl (C=O) groups excluding carboxylic acids is 1. The molecule has 4 aromatic rings. The first-order valence-corrected chi connectivity index (χ1v) is 12.7. The smallest absolute Gasteiger partial charge is 0.310 e. The number of aromatic nitrogens is 1. The Hall–Kier alpha value is -3.47. The Bertz CT molecular complexity index is 1520. The Morgan fingerprint density at radius 1 is 1.17 bits per heavy atom. The van der Waals surface area contributed by atoms with E-state index in [-0.39, 0.29) is 11.9 Å². The average molecular weight is 544 g/mol. The number of fused-ring (bicyclic) bond motifs is 1. The molecule has 1 aliphatic heterocycles. The molecule has 0 N–H and O–H groups in total. The number of likely N-dealkylation sites (tertiary alicyclic amines) is 1. The summed E-state index contributed by atoms with van der Waals surface area (Å²) in [6.45, 7) is 14.0. The van der Waals surface area contributed by atoms with Gasteiger partial charge >= 0.3 is 5.97 Å². The van der Waals surface area contributed by atoms with Crippen LogP contribution in [0.4, 0.5) is 5.69 Å². The van der Waals surface area contributed by atoms with Crippen LogP contribution < -0.4 is 0 Å². The molecule has 0 saturated carbocycles. The van der Waals surface area contributed by atoms with Crippen LogP contribution in [-0.2, 0) is 16.1 Å². The van der Waals surface area contributed by atoms with Crippen molar-refractivity contribution in [2.45, 2.75) is 26.8 Å². The topological polar surface area (TPSA) is 59.9 Å². The predicted octanol–water partition coefficient (Wildman–Crippen LogP) is 7.09. The second-order valence-corrected chi connectivity index (χ2v) is 10.1. The summed E-state index contributed by atoms with van der Waals surface area (Å²) in [5, 5.41) is 0. The van der Waals surface area contributed by atoms with Crippen molar-refractivity contribution in [3.05, 3.63) is 81.1 Å². The summed E-state index contributed by atoms with van der Waals surface area (Å²) < 4.78 is 12.1. The average Bonchev–Trinajstić information content (AvgIpc) is 3.52. The minimum Gasteiger partial charge on any atom is -0.469 e. The fraction of sp³-hybridized carbons (Fsp3) is 0.276. The number of halogens is 1. The number of rotatable bonds is 5. The Morgan fingerprint density at radius 3 is 2.64 bits per heavy atom. The first kappa shape index (κ1) is 24.2. The number of ether oxygens (including phenoxy) is 1. The van der Waals surface area contributed by atoms with Crippen LogP contribution in [0.15, 0.2) is 57.4 Å². The summed E-state index contributed by atoms with van der Waals surface area (Å²) in [7, 11) is 1.43. The van der Waals surface area contributed by atoms with E-state index in [1.165, 1.54) is 12.7 Å². The van der Waals surface area contributed by atoms with E-state index in [2.05, 4.69) is 51.7 Å². The highest BCUT2D eigenvalue weighted by Crippen LogP contribution is 2.38. The van der Waals surface area contributed by atoms with Crippen LogP contribution in [0, 0.1) is 26.3 Å². The SMILES string of the molecule is [C-]#[N+]c1cc(CN2CC[C@@H](C(=O)OC)C2)cc2nc(-c3cccc(-c4cccc(Br)c4C)c3C)oc12. The maximum atomic E-state index is 11.9. The lowest BCUT2D eigenvalue weighted by atomic mass is 9.93. The quantitative estimate of drug-likeness (QED) is 0.198. The van der Waals surface area contributed by atoms with Gasteiger partial charge in [-0.2, -0.15) is 0 Å². The van der Waals surface area contributed by atoms with Crippen LogP contribution in [0.3, 0.4) is 0 Å². The van der Waals surface area contributed by atoms with E-state index in [4.69, 9.17) is 20.7 Å². The summed E-state index contributed by atoms with van der Waals surface area (Å²) in [5.74, 6) is 0.249. The molecule has 5 rings (SSSR count). The lowest BCUT2D eigenvalue weighted by Crippen LogP contribution is -2.23. The van der Waals surface area contributed by atoms with E-state index in [0.29, 0.717) is 35.8 Å². The van der Waals surface area contributed by atoms with Crippen molar-refractivity contribution in [2.24, 2.45) is 5.92 Å². The van der Waals surface area contributed by atoms with E-state index < -0.39 is 0 Å². The second-order valence-electron chi connectivity index (χ2n) is 9.23. The van der Waals surface area contributed by atoms with Gasteiger partial charge in [0.05, 0.1) is 25.1 Å². The van der Waals surface area contributed by atoms with Gasteiger partial charge in [0.1, 0.15) is 0 Å². The van der Waals surface area contributed by atoms with Crippen molar-refractivity contribution >= 4 is 38.7 Å². The van der Waals surface area contributed by atoms with Crippen molar-refractivity contribution in [1.29, 1.82) is 0 Å². The predicted molar refractivity (Wildman–Crippen MR) is 144 cm³/mol. The normalized spacial score (nSPS) is 15.8. The molecule has 7 heteroatoms. The van der Waals surface area contributed by atoms with Gasteiger partial charge in [0.25, 0.3) is 0 Å². The van der Waals surface area contributed by atoms with Gasteiger partial charge in [-0.25, -0.2) is 9.83 Å². The van der Waals surface area contributed by atoms with Crippen molar-refractivity contribution in [3.63, 3.8) is 0 Å². The number of methoxy groups -OCH3 is 1. The molecule has 0 aliphatic carbocycles. The standard InChI is InChI=1S/C29H26BrN3O3/c1-17-21(22-8-6-10-24(30)18(22)2)7-5-9-23(17)28-32-26-14-19(13-25(31-3)27(26)36-28)15-33-12-11-20(16-33)29(34)35-4/h5-10,13-14,20H,11-12,15-16H2,1-2,4H3/t20-/m1/s1. The van der Waals surface area contributed by atoms with Crippen LogP contribution in [0.2, 0.25) is 0 Å². The molecule has 0 spiro atoms. The molecule has 0 bridgehead atoms. The third kappa shape index (κ3) is 4.43. The third-order valence-electron chi connectivity index (χ3n) is 6.99. The third-order valence-corrected chi connectivity index (χ3v) is 7.84. The van der Waals surface area contributed by atoms with Crippen LogP contribution in [0.1, 0.15) is 23.1 Å². The van der Waals surface area contributed by atoms with Gasteiger partial charge < -0.3 is 9.15 Å². The first-order valence-electron chi connectivity index (χ1n) is 11.9. The molecule has 0 unspecified atom stereocenters. The highest BCUT2D eigenvalue weighted by Gasteiger charge is 2.29. The van der Waals surface area contributed by atoms with Gasteiger partial charge in [0.2, 0.25) is 11.6 Å². The Balaban J connectivity index is 1.50. The number of hydrogen-bond acceptors (Lipinski definition) is 5. The zero-order valence-electron chi connectivity index (χ0n) is 20.5. The maximum absolute atomic E-state index is 11.9. The highest BCUT2D eigenvalue weighted by atomic mass is 79.9. The van der Waals surface area contributed by atoms with Gasteiger partial charge in [0.15, 0.2) is 5.58 Å². The minimum absolute atomic E-state index is 0.0955. The molecule has 1 saturated heterocycles. The number of esters is 1. The lowest BCUT2D eigenvalue weighted by molar-refractivity contribution is -0.144. The first-order chi connectivity index (χ1) is 17.4. The molecule has 6 nitrogen and oxygen atoms in total.